The van der Waals surface area contributed by atoms with E-state index in [4.69, 9.17) is 4.98 Å². The maximum absolute atomic E-state index is 11.5. The van der Waals surface area contributed by atoms with E-state index in [1.165, 1.54) is 42.5 Å². The van der Waals surface area contributed by atoms with Gasteiger partial charge in [-0.05, 0) is 0 Å². The van der Waals surface area contributed by atoms with Gasteiger partial charge in [-0.1, -0.05) is 41.5 Å². The van der Waals surface area contributed by atoms with E-state index in [2.05, 4.69) is 73.8 Å². The summed E-state index contributed by atoms with van der Waals surface area (Å²) in [6, 6.07) is 23.6. The van der Waals surface area contributed by atoms with E-state index in [-0.39, 0.29) is 52.0 Å². The number of carbonyl (C=O) groups is 1. The maximum Gasteiger partial charge on any atom is 0 e. The van der Waals surface area contributed by atoms with Crippen molar-refractivity contribution in [1.29, 1.82) is 0 Å². The molecule has 3 nitrogen and oxygen atoms in total. The van der Waals surface area contributed by atoms with Crippen molar-refractivity contribution in [3.8, 4) is 22.4 Å². The van der Waals surface area contributed by atoms with Crippen LogP contribution in [-0.2, 0) is 24.9 Å². The molecule has 4 aromatic rings. The third kappa shape index (κ3) is 5.33. The van der Waals surface area contributed by atoms with Crippen LogP contribution in [0.4, 0.5) is 0 Å². The molecule has 0 unspecified atom stereocenters. The van der Waals surface area contributed by atoms with E-state index in [0.29, 0.717) is 0 Å². The summed E-state index contributed by atoms with van der Waals surface area (Å²) in [4.78, 5) is 16.4. The number of hydrogen-bond donors (Lipinski definition) is 1. The van der Waals surface area contributed by atoms with Crippen LogP contribution in [0.15, 0.2) is 72.6 Å². The number of rotatable bonds is 1. The van der Waals surface area contributed by atoms with Crippen molar-refractivity contribution in [2.75, 3.05) is 0 Å². The van der Waals surface area contributed by atoms with Crippen LogP contribution < -0.4 is 19.3 Å². The standard InChI is InChI=1S/C23H16NSeSi.C11H20O2.Ir/c1-26(2)18-11-5-9-16-20(18)21-17(10-6-12-19(21)26)25-23-15-8-4-3-7-14(15)13-24-22(16)23;1-10(2,3)8(12)7-9(13)11(4,5)6;/h3-8,10-13H,1-2H3;7,12H,1-6H3;/q-1;;/b;8-7-;. The molecule has 0 spiro atoms. The molecule has 0 aliphatic carbocycles. The summed E-state index contributed by atoms with van der Waals surface area (Å²) in [5.74, 6) is 0.104. The number of fused-ring (bicyclic) bond motifs is 4. The fourth-order valence-corrected chi connectivity index (χ4v) is 10.9. The molecule has 3 aromatic carbocycles. The second-order valence-corrected chi connectivity index (χ2v) is 19.5. The first kappa shape index (κ1) is 30.6. The minimum Gasteiger partial charge on any atom is 0 e. The van der Waals surface area contributed by atoms with E-state index in [9.17, 15) is 9.90 Å². The van der Waals surface area contributed by atoms with Crippen molar-refractivity contribution in [2.24, 2.45) is 10.8 Å². The molecule has 209 valence electrons. The molecule has 0 fully saturated rings. The van der Waals surface area contributed by atoms with Gasteiger partial charge in [-0.25, -0.2) is 0 Å². The van der Waals surface area contributed by atoms with Crippen LogP contribution >= 0.6 is 0 Å². The van der Waals surface area contributed by atoms with Gasteiger partial charge < -0.3 is 5.11 Å². The summed E-state index contributed by atoms with van der Waals surface area (Å²) in [5, 5.41) is 15.3. The molecule has 1 radical (unpaired) electrons. The Morgan fingerprint density at radius 2 is 1.60 bits per heavy atom. The number of benzene rings is 3. The van der Waals surface area contributed by atoms with Gasteiger partial charge in [0.15, 0.2) is 5.78 Å². The Balaban J connectivity index is 0.000000229. The minimum atomic E-state index is -1.64. The molecule has 6 heteroatoms. The van der Waals surface area contributed by atoms with Crippen LogP contribution in [0.2, 0.25) is 13.1 Å². The molecule has 2 aliphatic heterocycles. The molecule has 1 N–H and O–H groups in total. The molecule has 3 heterocycles. The van der Waals surface area contributed by atoms with Gasteiger partial charge in [0.1, 0.15) is 5.76 Å². The molecule has 0 atom stereocenters. The fourth-order valence-electron chi connectivity index (χ4n) is 5.09. The monoisotopic (exact) mass is 791 g/mol. The summed E-state index contributed by atoms with van der Waals surface area (Å²) < 4.78 is 2.91. The Labute approximate surface area is 259 Å². The Hall–Kier alpha value is -2.33. The second kappa shape index (κ2) is 10.8. The number of ketones is 1. The minimum absolute atomic E-state index is 0. The van der Waals surface area contributed by atoms with Crippen molar-refractivity contribution in [1.82, 2.24) is 4.98 Å². The van der Waals surface area contributed by atoms with E-state index in [0.717, 1.165) is 5.69 Å². The van der Waals surface area contributed by atoms with Gasteiger partial charge >= 0.3 is 160 Å². The number of aliphatic hydroxyl groups is 1. The molecule has 1 aromatic heterocycles. The third-order valence-electron chi connectivity index (χ3n) is 7.60. The fraction of sp³-hybridized carbons (Fsp3) is 0.294. The van der Waals surface area contributed by atoms with Crippen LogP contribution in [-0.4, -0.2) is 38.9 Å². The van der Waals surface area contributed by atoms with E-state index in [1.54, 1.807) is 10.4 Å². The van der Waals surface area contributed by atoms with Gasteiger partial charge in [-0.3, -0.25) is 4.79 Å². The van der Waals surface area contributed by atoms with Gasteiger partial charge in [0, 0.05) is 37.0 Å². The molecule has 0 saturated heterocycles. The van der Waals surface area contributed by atoms with E-state index >= 15 is 0 Å². The topological polar surface area (TPSA) is 50.2 Å². The molecule has 40 heavy (non-hydrogen) atoms. The van der Waals surface area contributed by atoms with E-state index in [1.807, 2.05) is 47.7 Å². The van der Waals surface area contributed by atoms with Crippen LogP contribution in [0.3, 0.4) is 0 Å². The SMILES string of the molecule is CC(C)(C)C(=O)/C=C(\O)C(C)(C)C.C[Si]1(C)c2cc[c-]c3c2-c2c(cccc21)[Se]c1c-3ncc2ccccc12.[Ir]. The Morgan fingerprint density at radius 3 is 2.27 bits per heavy atom. The second-order valence-electron chi connectivity index (χ2n) is 13.0. The smallest absolute Gasteiger partial charge is 0 e. The number of hydrogen-bond acceptors (Lipinski definition) is 3. The summed E-state index contributed by atoms with van der Waals surface area (Å²) >= 11 is 0.244. The number of aliphatic hydroxyl groups excluding tert-OH is 1. The zero-order valence-electron chi connectivity index (χ0n) is 24.4. The number of pyridine rings is 1. The predicted octanol–water partition coefficient (Wildman–Crippen LogP) is 5.56. The molecule has 0 bridgehead atoms. The molecule has 2 aliphatic rings. The molecule has 6 rings (SSSR count). The first-order valence-corrected chi connectivity index (χ1v) is 18.1. The summed E-state index contributed by atoms with van der Waals surface area (Å²) in [5.41, 5.74) is 4.54. The van der Waals surface area contributed by atoms with Crippen LogP contribution in [0.25, 0.3) is 33.2 Å². The van der Waals surface area contributed by atoms with Gasteiger partial charge in [-0.2, -0.15) is 0 Å². The first-order valence-electron chi connectivity index (χ1n) is 13.4. The largest absolute Gasteiger partial charge is 0 e. The number of carbonyl (C=O) groups excluding carboxylic acids is 1. The molecular weight excluding hydrogens is 754 g/mol. The maximum atomic E-state index is 11.5. The first-order chi connectivity index (χ1) is 18.2. The van der Waals surface area contributed by atoms with Crippen LogP contribution in [0, 0.1) is 16.9 Å². The van der Waals surface area contributed by atoms with Gasteiger partial charge in [-0.15, -0.1) is 0 Å². The van der Waals surface area contributed by atoms with Crippen LogP contribution in [0.5, 0.6) is 0 Å². The van der Waals surface area contributed by atoms with Crippen molar-refractivity contribution in [3.05, 3.63) is 78.7 Å². The zero-order chi connectivity index (χ0) is 28.3. The average molecular weight is 790 g/mol. The summed E-state index contributed by atoms with van der Waals surface area (Å²) in [6.45, 7) is 16.1. The van der Waals surface area contributed by atoms with Crippen molar-refractivity contribution in [3.63, 3.8) is 0 Å². The molecule has 0 saturated carbocycles. The average Bonchev–Trinajstić information content (AvgIpc) is 3.01. The quantitative estimate of drug-likeness (QED) is 0.105. The van der Waals surface area contributed by atoms with Crippen molar-refractivity contribution >= 4 is 58.9 Å². The number of nitrogens with zero attached hydrogens (tertiary/aromatic N) is 1. The van der Waals surface area contributed by atoms with Crippen molar-refractivity contribution < 1.29 is 30.0 Å². The summed E-state index contributed by atoms with van der Waals surface area (Å²) in [6.07, 6.45) is 3.37. The predicted molar refractivity (Wildman–Crippen MR) is 168 cm³/mol. The molecule has 0 amide bonds. The number of allylic oxidation sites excluding steroid dienone is 2. The van der Waals surface area contributed by atoms with Gasteiger partial charge in [0.25, 0.3) is 0 Å². The Bertz CT molecular complexity index is 1660. The third-order valence-corrected chi connectivity index (χ3v) is 13.6. The molecular formula is C34H36IrNO2SeSi-. The summed E-state index contributed by atoms with van der Waals surface area (Å²) in [7, 11) is -1.64. The Kier molecular flexibility index (Phi) is 8.28. The normalized spacial score (nSPS) is 14.8. The van der Waals surface area contributed by atoms with Gasteiger partial charge in [0.05, 0.1) is 0 Å². The zero-order valence-corrected chi connectivity index (χ0v) is 29.5. The van der Waals surface area contributed by atoms with E-state index < -0.39 is 13.5 Å². The number of aromatic nitrogens is 1. The van der Waals surface area contributed by atoms with Crippen molar-refractivity contribution in [2.45, 2.75) is 54.6 Å². The Morgan fingerprint density at radius 1 is 0.925 bits per heavy atom. The van der Waals surface area contributed by atoms with Gasteiger partial charge in [0.2, 0.25) is 0 Å². The van der Waals surface area contributed by atoms with Crippen LogP contribution in [0.1, 0.15) is 41.5 Å².